The van der Waals surface area contributed by atoms with E-state index in [0.717, 1.165) is 0 Å². The Morgan fingerprint density at radius 3 is 2.23 bits per heavy atom. The molecule has 0 radical (unpaired) electrons. The van der Waals surface area contributed by atoms with Crippen LogP contribution in [0.25, 0.3) is 11.3 Å². The third-order valence-corrected chi connectivity index (χ3v) is 3.99. The minimum atomic E-state index is -1.06. The van der Waals surface area contributed by atoms with Crippen LogP contribution in [0.15, 0.2) is 59.1 Å². The number of oxazole rings is 1. The molecule has 1 aliphatic heterocycles. The number of hydroxylamine groups is 2. The second-order valence-electron chi connectivity index (χ2n) is 5.37. The Kier molecular flexibility index (Phi) is 3.78. The molecule has 2 aromatic carbocycles. The number of aromatic nitrogens is 1. The van der Waals surface area contributed by atoms with Crippen LogP contribution in [0.5, 0.6) is 0 Å². The van der Waals surface area contributed by atoms with Gasteiger partial charge in [0.05, 0.1) is 17.3 Å². The Hall–Kier alpha value is -3.45. The van der Waals surface area contributed by atoms with Crippen LogP contribution in [0.2, 0.25) is 5.02 Å². The molecule has 0 unspecified atom stereocenters. The molecule has 1 aromatic heterocycles. The summed E-state index contributed by atoms with van der Waals surface area (Å²) in [6, 6.07) is 12.9. The van der Waals surface area contributed by atoms with E-state index in [-0.39, 0.29) is 17.0 Å². The van der Waals surface area contributed by atoms with E-state index in [1.54, 1.807) is 36.4 Å². The number of rotatable bonds is 3. The Labute approximate surface area is 151 Å². The molecule has 1 aliphatic rings. The van der Waals surface area contributed by atoms with Gasteiger partial charge in [0.2, 0.25) is 0 Å². The van der Waals surface area contributed by atoms with Gasteiger partial charge in [-0.1, -0.05) is 28.8 Å². The van der Waals surface area contributed by atoms with Gasteiger partial charge in [0.1, 0.15) is 0 Å². The maximum absolute atomic E-state index is 12.2. The van der Waals surface area contributed by atoms with Crippen molar-refractivity contribution in [3.8, 4) is 11.3 Å². The molecule has 8 heteroatoms. The second-order valence-corrected chi connectivity index (χ2v) is 5.80. The van der Waals surface area contributed by atoms with Gasteiger partial charge in [-0.15, -0.1) is 0 Å². The molecule has 0 N–H and O–H groups in total. The van der Waals surface area contributed by atoms with Crippen molar-refractivity contribution in [1.29, 1.82) is 0 Å². The van der Waals surface area contributed by atoms with Crippen molar-refractivity contribution in [3.05, 3.63) is 76.8 Å². The van der Waals surface area contributed by atoms with E-state index >= 15 is 0 Å². The van der Waals surface area contributed by atoms with Gasteiger partial charge in [0.15, 0.2) is 5.76 Å². The van der Waals surface area contributed by atoms with Gasteiger partial charge in [-0.2, -0.15) is 0 Å². The van der Waals surface area contributed by atoms with Gasteiger partial charge in [0, 0.05) is 10.6 Å². The first-order chi connectivity index (χ1) is 12.5. The molecule has 4 rings (SSSR count). The maximum atomic E-state index is 12.2. The Morgan fingerprint density at radius 1 is 1.00 bits per heavy atom. The Balaban J connectivity index is 1.54. The van der Waals surface area contributed by atoms with E-state index in [1.165, 1.54) is 18.3 Å². The average molecular weight is 369 g/mol. The van der Waals surface area contributed by atoms with E-state index in [9.17, 15) is 14.4 Å². The molecule has 0 spiro atoms. The first-order valence-electron chi connectivity index (χ1n) is 7.46. The quantitative estimate of drug-likeness (QED) is 0.658. The highest BCUT2D eigenvalue weighted by molar-refractivity contribution is 6.30. The monoisotopic (exact) mass is 368 g/mol. The molecule has 26 heavy (non-hydrogen) atoms. The summed E-state index contributed by atoms with van der Waals surface area (Å²) >= 11 is 5.83. The average Bonchev–Trinajstić information content (AvgIpc) is 3.23. The lowest BCUT2D eigenvalue weighted by atomic mass is 10.1. The standard InChI is InChI=1S/C18H9ClN2O5/c19-11-7-5-10(6-8-11)14-9-20-15(25-14)18(24)26-21-16(22)12-3-1-2-4-13(12)17(21)23/h1-9H. The molecule has 2 heterocycles. The molecular formula is C18H9ClN2O5. The molecule has 0 aliphatic carbocycles. The van der Waals surface area contributed by atoms with Crippen LogP contribution in [-0.2, 0) is 4.84 Å². The topological polar surface area (TPSA) is 89.7 Å². The zero-order chi connectivity index (χ0) is 18.3. The molecular weight excluding hydrogens is 360 g/mol. The largest absolute Gasteiger partial charge is 0.431 e. The first-order valence-corrected chi connectivity index (χ1v) is 7.84. The summed E-state index contributed by atoms with van der Waals surface area (Å²) in [4.78, 5) is 45.3. The lowest BCUT2D eigenvalue weighted by Gasteiger charge is -2.10. The van der Waals surface area contributed by atoms with Crippen LogP contribution >= 0.6 is 11.6 Å². The highest BCUT2D eigenvalue weighted by atomic mass is 35.5. The number of carbonyl (C=O) groups is 3. The van der Waals surface area contributed by atoms with Crippen LogP contribution in [0.1, 0.15) is 31.4 Å². The molecule has 0 saturated heterocycles. The van der Waals surface area contributed by atoms with Crippen LogP contribution in [-0.4, -0.2) is 27.8 Å². The predicted octanol–water partition coefficient (Wildman–Crippen LogP) is 3.36. The summed E-state index contributed by atoms with van der Waals surface area (Å²) in [7, 11) is 0. The summed E-state index contributed by atoms with van der Waals surface area (Å²) in [6.07, 6.45) is 1.34. The van der Waals surface area contributed by atoms with E-state index < -0.39 is 17.8 Å². The number of amides is 2. The number of carbonyl (C=O) groups excluding carboxylic acids is 3. The van der Waals surface area contributed by atoms with Crippen molar-refractivity contribution < 1.29 is 23.6 Å². The van der Waals surface area contributed by atoms with Crippen molar-refractivity contribution >= 4 is 29.4 Å². The molecule has 128 valence electrons. The third-order valence-electron chi connectivity index (χ3n) is 3.74. The van der Waals surface area contributed by atoms with Gasteiger partial charge in [-0.3, -0.25) is 9.59 Å². The second kappa shape index (κ2) is 6.12. The SMILES string of the molecule is O=C(ON1C(=O)c2ccccc2C1=O)c1ncc(-c2ccc(Cl)cc2)o1. The number of hydrogen-bond donors (Lipinski definition) is 0. The first kappa shape index (κ1) is 16.0. The molecule has 3 aromatic rings. The number of imide groups is 1. The van der Waals surface area contributed by atoms with Crippen molar-refractivity contribution in [3.63, 3.8) is 0 Å². The summed E-state index contributed by atoms with van der Waals surface area (Å²) in [5.74, 6) is -2.56. The maximum Gasteiger partial charge on any atom is 0.419 e. The lowest BCUT2D eigenvalue weighted by Crippen LogP contribution is -2.32. The highest BCUT2D eigenvalue weighted by Crippen LogP contribution is 2.25. The zero-order valence-electron chi connectivity index (χ0n) is 13.0. The van der Waals surface area contributed by atoms with Crippen LogP contribution in [0.4, 0.5) is 0 Å². The molecule has 0 saturated carbocycles. The molecule has 0 fully saturated rings. The van der Waals surface area contributed by atoms with E-state index in [1.807, 2.05) is 0 Å². The van der Waals surface area contributed by atoms with Crippen LogP contribution in [0.3, 0.4) is 0 Å². The third kappa shape index (κ3) is 2.64. The summed E-state index contributed by atoms with van der Waals surface area (Å²) in [5, 5.41) is 0.956. The summed E-state index contributed by atoms with van der Waals surface area (Å²) < 4.78 is 5.35. The summed E-state index contributed by atoms with van der Waals surface area (Å²) in [6.45, 7) is 0. The number of benzene rings is 2. The smallest absolute Gasteiger partial charge is 0.419 e. The number of halogens is 1. The highest BCUT2D eigenvalue weighted by Gasteiger charge is 2.39. The van der Waals surface area contributed by atoms with Crippen molar-refractivity contribution in [1.82, 2.24) is 10.0 Å². The van der Waals surface area contributed by atoms with Gasteiger partial charge >= 0.3 is 11.9 Å². The van der Waals surface area contributed by atoms with Gasteiger partial charge < -0.3 is 9.25 Å². The number of fused-ring (bicyclic) bond motifs is 1. The molecule has 0 atom stereocenters. The van der Waals surface area contributed by atoms with Crippen molar-refractivity contribution in [2.45, 2.75) is 0 Å². The van der Waals surface area contributed by atoms with Crippen LogP contribution in [0, 0.1) is 0 Å². The Morgan fingerprint density at radius 2 is 1.62 bits per heavy atom. The zero-order valence-corrected chi connectivity index (χ0v) is 13.8. The van der Waals surface area contributed by atoms with E-state index in [0.29, 0.717) is 21.4 Å². The fourth-order valence-corrected chi connectivity index (χ4v) is 2.61. The normalized spacial score (nSPS) is 13.0. The fourth-order valence-electron chi connectivity index (χ4n) is 2.49. The molecule has 7 nitrogen and oxygen atoms in total. The van der Waals surface area contributed by atoms with Crippen LogP contribution < -0.4 is 0 Å². The van der Waals surface area contributed by atoms with Crippen molar-refractivity contribution in [2.24, 2.45) is 0 Å². The van der Waals surface area contributed by atoms with Gasteiger partial charge in [0.25, 0.3) is 11.8 Å². The minimum absolute atomic E-state index is 0.166. The van der Waals surface area contributed by atoms with E-state index in [4.69, 9.17) is 20.9 Å². The van der Waals surface area contributed by atoms with Crippen molar-refractivity contribution in [2.75, 3.05) is 0 Å². The number of hydrogen-bond acceptors (Lipinski definition) is 6. The lowest BCUT2D eigenvalue weighted by molar-refractivity contribution is -0.0607. The Bertz CT molecular complexity index is 1010. The predicted molar refractivity (Wildman–Crippen MR) is 89.3 cm³/mol. The van der Waals surface area contributed by atoms with Gasteiger partial charge in [-0.25, -0.2) is 9.78 Å². The fraction of sp³-hybridized carbons (Fsp3) is 0. The number of nitrogens with zero attached hydrogens (tertiary/aromatic N) is 2. The van der Waals surface area contributed by atoms with Gasteiger partial charge in [-0.05, 0) is 36.4 Å². The molecule has 2 amide bonds. The van der Waals surface area contributed by atoms with E-state index in [2.05, 4.69) is 4.98 Å². The molecule has 0 bridgehead atoms. The minimum Gasteiger partial charge on any atom is -0.431 e. The summed E-state index contributed by atoms with van der Waals surface area (Å²) in [5.41, 5.74) is 0.987.